The molecule has 5 nitrogen and oxygen atoms in total. The Morgan fingerprint density at radius 3 is 2.33 bits per heavy atom. The molecule has 0 saturated heterocycles. The van der Waals surface area contributed by atoms with Gasteiger partial charge in [-0.1, -0.05) is 38.8 Å². The molecule has 0 aliphatic rings. The molecule has 0 aliphatic carbocycles. The summed E-state index contributed by atoms with van der Waals surface area (Å²) >= 11 is 0. The van der Waals surface area contributed by atoms with E-state index < -0.39 is 11.9 Å². The first-order valence-corrected chi connectivity index (χ1v) is 8.33. The second-order valence-corrected chi connectivity index (χ2v) is 5.27. The number of benzene rings is 1. The third-order valence-electron chi connectivity index (χ3n) is 3.35. The number of hydrogen-bond acceptors (Lipinski definition) is 5. The van der Waals surface area contributed by atoms with Gasteiger partial charge in [0.15, 0.2) is 0 Å². The van der Waals surface area contributed by atoms with Crippen molar-refractivity contribution in [3.8, 4) is 5.75 Å². The predicted molar refractivity (Wildman–Crippen MR) is 93.1 cm³/mol. The smallest absolute Gasteiger partial charge is 0.342 e. The fourth-order valence-corrected chi connectivity index (χ4v) is 1.98. The average molecular weight is 334 g/mol. The summed E-state index contributed by atoms with van der Waals surface area (Å²) in [5, 5.41) is 0. The van der Waals surface area contributed by atoms with Crippen LogP contribution in [0.1, 0.15) is 55.5 Å². The van der Waals surface area contributed by atoms with E-state index in [0.717, 1.165) is 25.7 Å². The molecule has 0 atom stereocenters. The Balaban J connectivity index is 2.89. The van der Waals surface area contributed by atoms with Crippen LogP contribution in [0.5, 0.6) is 5.75 Å². The SMILES string of the molecule is CCCCOC(=O)/C=C/c1cccc(OC)c1C(=O)OCCCC. The van der Waals surface area contributed by atoms with Gasteiger partial charge in [0.2, 0.25) is 0 Å². The normalized spacial score (nSPS) is 10.6. The highest BCUT2D eigenvalue weighted by Crippen LogP contribution is 2.24. The largest absolute Gasteiger partial charge is 0.496 e. The molecule has 1 aromatic carbocycles. The maximum atomic E-state index is 12.3. The van der Waals surface area contributed by atoms with Gasteiger partial charge >= 0.3 is 11.9 Å². The van der Waals surface area contributed by atoms with Crippen LogP contribution in [0.3, 0.4) is 0 Å². The molecule has 0 amide bonds. The highest BCUT2D eigenvalue weighted by molar-refractivity contribution is 5.98. The second-order valence-electron chi connectivity index (χ2n) is 5.27. The van der Waals surface area contributed by atoms with Crippen LogP contribution in [0.2, 0.25) is 0 Å². The van der Waals surface area contributed by atoms with Gasteiger partial charge in [0.05, 0.1) is 20.3 Å². The first-order chi connectivity index (χ1) is 11.6. The number of carbonyl (C=O) groups excluding carboxylic acids is 2. The molecule has 5 heteroatoms. The number of methoxy groups -OCH3 is 1. The quantitative estimate of drug-likeness (QED) is 0.367. The van der Waals surface area contributed by atoms with E-state index in [-0.39, 0.29) is 0 Å². The molecular formula is C19H26O5. The van der Waals surface area contributed by atoms with Crippen molar-refractivity contribution in [1.29, 1.82) is 0 Å². The van der Waals surface area contributed by atoms with Gasteiger partial charge < -0.3 is 14.2 Å². The Morgan fingerprint density at radius 1 is 1.04 bits per heavy atom. The Morgan fingerprint density at radius 2 is 1.71 bits per heavy atom. The summed E-state index contributed by atoms with van der Waals surface area (Å²) in [4.78, 5) is 24.0. The van der Waals surface area contributed by atoms with Gasteiger partial charge in [-0.25, -0.2) is 9.59 Å². The zero-order chi connectivity index (χ0) is 17.8. The monoisotopic (exact) mass is 334 g/mol. The summed E-state index contributed by atoms with van der Waals surface area (Å²) < 4.78 is 15.6. The molecule has 0 N–H and O–H groups in total. The Bertz CT molecular complexity index is 563. The molecule has 0 spiro atoms. The molecule has 0 radical (unpaired) electrons. The highest BCUT2D eigenvalue weighted by atomic mass is 16.5. The molecule has 0 saturated carbocycles. The van der Waals surface area contributed by atoms with E-state index in [2.05, 4.69) is 0 Å². The van der Waals surface area contributed by atoms with Crippen molar-refractivity contribution in [2.45, 2.75) is 39.5 Å². The molecule has 132 valence electrons. The summed E-state index contributed by atoms with van der Waals surface area (Å²) in [6.45, 7) is 4.80. The van der Waals surface area contributed by atoms with Gasteiger partial charge in [0, 0.05) is 6.08 Å². The summed E-state index contributed by atoms with van der Waals surface area (Å²) in [5.74, 6) is -0.477. The lowest BCUT2D eigenvalue weighted by molar-refractivity contribution is -0.137. The van der Waals surface area contributed by atoms with Crippen molar-refractivity contribution in [2.24, 2.45) is 0 Å². The molecule has 0 bridgehead atoms. The van der Waals surface area contributed by atoms with Gasteiger partial charge in [-0.3, -0.25) is 0 Å². The minimum absolute atomic E-state index is 0.314. The molecule has 1 aromatic rings. The maximum Gasteiger partial charge on any atom is 0.342 e. The molecule has 1 rings (SSSR count). The van der Waals surface area contributed by atoms with E-state index in [1.165, 1.54) is 13.2 Å². The summed E-state index contributed by atoms with van der Waals surface area (Å²) in [6.07, 6.45) is 6.39. The standard InChI is InChI=1S/C19H26O5/c1-4-6-13-23-17(20)12-11-15-9-8-10-16(22-3)18(15)19(21)24-14-7-5-2/h8-12H,4-7,13-14H2,1-3H3/b12-11+. The number of hydrogen-bond donors (Lipinski definition) is 0. The van der Waals surface area contributed by atoms with E-state index >= 15 is 0 Å². The van der Waals surface area contributed by atoms with Crippen molar-refractivity contribution in [3.05, 3.63) is 35.4 Å². The molecule has 0 fully saturated rings. The molecular weight excluding hydrogens is 308 g/mol. The molecule has 0 unspecified atom stereocenters. The van der Waals surface area contributed by atoms with E-state index in [9.17, 15) is 9.59 Å². The number of esters is 2. The molecule has 24 heavy (non-hydrogen) atoms. The van der Waals surface area contributed by atoms with Gasteiger partial charge in [-0.15, -0.1) is 0 Å². The van der Waals surface area contributed by atoms with E-state index in [4.69, 9.17) is 14.2 Å². The van der Waals surface area contributed by atoms with Crippen LogP contribution in [0.15, 0.2) is 24.3 Å². The van der Waals surface area contributed by atoms with E-state index in [0.29, 0.717) is 30.1 Å². The Kier molecular flexibility index (Phi) is 9.27. The molecule has 0 aliphatic heterocycles. The van der Waals surface area contributed by atoms with Crippen LogP contribution < -0.4 is 4.74 Å². The van der Waals surface area contributed by atoms with E-state index in [1.54, 1.807) is 24.3 Å². The van der Waals surface area contributed by atoms with Gasteiger partial charge in [-0.2, -0.15) is 0 Å². The lowest BCUT2D eigenvalue weighted by atomic mass is 10.1. The van der Waals surface area contributed by atoms with Crippen molar-refractivity contribution < 1.29 is 23.8 Å². The number of carbonyl (C=O) groups is 2. The third-order valence-corrected chi connectivity index (χ3v) is 3.35. The fraction of sp³-hybridized carbons (Fsp3) is 0.474. The Hall–Kier alpha value is -2.30. The minimum atomic E-state index is -0.458. The molecule has 0 aromatic heterocycles. The zero-order valence-electron chi connectivity index (χ0n) is 14.7. The van der Waals surface area contributed by atoms with Crippen LogP contribution in [0.25, 0.3) is 6.08 Å². The molecule has 0 heterocycles. The average Bonchev–Trinajstić information content (AvgIpc) is 2.59. The predicted octanol–water partition coefficient (Wildman–Crippen LogP) is 4.01. The van der Waals surface area contributed by atoms with Crippen LogP contribution in [0.4, 0.5) is 0 Å². The van der Waals surface area contributed by atoms with E-state index in [1.807, 2.05) is 13.8 Å². The van der Waals surface area contributed by atoms with Crippen LogP contribution >= 0.6 is 0 Å². The second kappa shape index (κ2) is 11.3. The van der Waals surface area contributed by atoms with Crippen molar-refractivity contribution >= 4 is 18.0 Å². The summed E-state index contributed by atoms with van der Waals surface area (Å²) in [7, 11) is 1.49. The maximum absolute atomic E-state index is 12.3. The first-order valence-electron chi connectivity index (χ1n) is 8.33. The van der Waals surface area contributed by atoms with Crippen molar-refractivity contribution in [2.75, 3.05) is 20.3 Å². The van der Waals surface area contributed by atoms with Crippen LogP contribution in [-0.4, -0.2) is 32.3 Å². The van der Waals surface area contributed by atoms with Crippen molar-refractivity contribution in [1.82, 2.24) is 0 Å². The summed E-state index contributed by atoms with van der Waals surface area (Å²) in [6, 6.07) is 5.17. The van der Waals surface area contributed by atoms with Crippen molar-refractivity contribution in [3.63, 3.8) is 0 Å². The number of rotatable bonds is 10. The van der Waals surface area contributed by atoms with Gasteiger partial charge in [0.25, 0.3) is 0 Å². The number of ether oxygens (including phenoxy) is 3. The third kappa shape index (κ3) is 6.44. The van der Waals surface area contributed by atoms with Crippen LogP contribution in [0, 0.1) is 0 Å². The fourth-order valence-electron chi connectivity index (χ4n) is 1.98. The lowest BCUT2D eigenvalue weighted by Gasteiger charge is -2.11. The Labute approximate surface area is 143 Å². The van der Waals surface area contributed by atoms with Gasteiger partial charge in [-0.05, 0) is 30.5 Å². The lowest BCUT2D eigenvalue weighted by Crippen LogP contribution is -2.10. The van der Waals surface area contributed by atoms with Crippen LogP contribution in [-0.2, 0) is 14.3 Å². The first kappa shape index (κ1) is 19.7. The number of unbranched alkanes of at least 4 members (excludes halogenated alkanes) is 2. The highest BCUT2D eigenvalue weighted by Gasteiger charge is 2.17. The topological polar surface area (TPSA) is 61.8 Å². The van der Waals surface area contributed by atoms with Gasteiger partial charge in [0.1, 0.15) is 11.3 Å². The summed E-state index contributed by atoms with van der Waals surface area (Å²) in [5.41, 5.74) is 0.872. The minimum Gasteiger partial charge on any atom is -0.496 e. The zero-order valence-corrected chi connectivity index (χ0v) is 14.7.